The summed E-state index contributed by atoms with van der Waals surface area (Å²) < 4.78 is 0. The second-order valence-corrected chi connectivity index (χ2v) is 18.7. The minimum Gasteiger partial charge on any atom is -0.139 e. The highest BCUT2D eigenvalue weighted by molar-refractivity contribution is 7.24. The lowest BCUT2D eigenvalue weighted by molar-refractivity contribution is 0.501. The van der Waals surface area contributed by atoms with Crippen molar-refractivity contribution in [3.63, 3.8) is 0 Å². The molecule has 44 heavy (non-hydrogen) atoms. The van der Waals surface area contributed by atoms with Gasteiger partial charge in [-0.05, 0) is 89.5 Å². The van der Waals surface area contributed by atoms with E-state index in [1.807, 2.05) is 0 Å². The molecule has 0 saturated heterocycles. The summed E-state index contributed by atoms with van der Waals surface area (Å²) in [6.07, 6.45) is 14.8. The third kappa shape index (κ3) is 5.46. The Kier molecular flexibility index (Phi) is 10.0. The summed E-state index contributed by atoms with van der Waals surface area (Å²) in [7, 11) is 0. The van der Waals surface area contributed by atoms with Crippen LogP contribution in [0.25, 0.3) is 19.5 Å². The first-order chi connectivity index (χ1) is 21.3. The zero-order chi connectivity index (χ0) is 31.2. The molecular weight excluding hydrogens is 609 g/mol. The van der Waals surface area contributed by atoms with Crippen LogP contribution in [0.2, 0.25) is 0 Å². The van der Waals surface area contributed by atoms with Gasteiger partial charge in [0.15, 0.2) is 0 Å². The minimum atomic E-state index is -0.130. The first-order valence-electron chi connectivity index (χ1n) is 17.8. The van der Waals surface area contributed by atoms with E-state index in [0.29, 0.717) is 23.7 Å². The molecule has 0 saturated carbocycles. The fraction of sp³-hybridized carbons (Fsp3) is 0.600. The molecule has 4 heterocycles. The Morgan fingerprint density at radius 3 is 1.30 bits per heavy atom. The number of hydrogen-bond donors (Lipinski definition) is 0. The molecule has 4 heteroatoms. The average Bonchev–Trinajstić information content (AvgIpc) is 3.82. The smallest absolute Gasteiger partial charge is 0.0759 e. The van der Waals surface area contributed by atoms with Gasteiger partial charge in [-0.1, -0.05) is 107 Å². The Bertz CT molecular complexity index is 1560. The monoisotopic (exact) mass is 662 g/mol. The zero-order valence-corrected chi connectivity index (χ0v) is 31.8. The lowest BCUT2D eigenvalue weighted by Crippen LogP contribution is -2.25. The van der Waals surface area contributed by atoms with Crippen LogP contribution in [0.5, 0.6) is 0 Å². The van der Waals surface area contributed by atoms with Crippen LogP contribution in [-0.4, -0.2) is 0 Å². The Balaban J connectivity index is 1.54. The number of thiophene rings is 4. The van der Waals surface area contributed by atoms with Crippen LogP contribution in [0.1, 0.15) is 191 Å². The van der Waals surface area contributed by atoms with Crippen LogP contribution in [0.4, 0.5) is 0 Å². The topological polar surface area (TPSA) is 0 Å². The lowest BCUT2D eigenvalue weighted by Gasteiger charge is -2.28. The van der Waals surface area contributed by atoms with Crippen molar-refractivity contribution in [2.75, 3.05) is 0 Å². The number of hydrogen-bond acceptors (Lipinski definition) is 4. The SMILES string of the molecule is CCCCCCC(CCCCCC)c1cc2c(s1)-c1sc(C(C)C)cc1C21c2cc(C(C)C)sc2-c2sc(C(C)CC)cc21. The van der Waals surface area contributed by atoms with Gasteiger partial charge in [-0.2, -0.15) is 0 Å². The van der Waals surface area contributed by atoms with E-state index in [0.717, 1.165) is 0 Å². The first-order valence-corrected chi connectivity index (χ1v) is 21.1. The molecule has 2 aliphatic rings. The molecule has 0 amide bonds. The molecule has 0 nitrogen and oxygen atoms in total. The summed E-state index contributed by atoms with van der Waals surface area (Å²) in [5.41, 5.74) is 6.30. The second kappa shape index (κ2) is 13.5. The fourth-order valence-corrected chi connectivity index (χ4v) is 13.1. The molecule has 1 spiro atoms. The Labute approximate surface area is 284 Å². The maximum Gasteiger partial charge on any atom is 0.0759 e. The summed E-state index contributed by atoms with van der Waals surface area (Å²) in [6, 6.07) is 10.7. The molecular formula is C40H54S4. The van der Waals surface area contributed by atoms with Gasteiger partial charge < -0.3 is 0 Å². The van der Waals surface area contributed by atoms with E-state index in [2.05, 4.69) is 125 Å². The summed E-state index contributed by atoms with van der Waals surface area (Å²) in [4.78, 5) is 12.7. The van der Waals surface area contributed by atoms with E-state index < -0.39 is 0 Å². The van der Waals surface area contributed by atoms with Crippen LogP contribution >= 0.6 is 45.3 Å². The largest absolute Gasteiger partial charge is 0.139 e. The van der Waals surface area contributed by atoms with Crippen LogP contribution in [0.15, 0.2) is 24.3 Å². The molecule has 6 rings (SSSR count). The van der Waals surface area contributed by atoms with Crippen molar-refractivity contribution in [3.05, 3.63) is 66.0 Å². The summed E-state index contributed by atoms with van der Waals surface area (Å²) in [6.45, 7) is 19.0. The maximum atomic E-state index is 2.75. The van der Waals surface area contributed by atoms with E-state index in [1.54, 1.807) is 61.3 Å². The predicted molar refractivity (Wildman–Crippen MR) is 201 cm³/mol. The lowest BCUT2D eigenvalue weighted by atomic mass is 9.71. The van der Waals surface area contributed by atoms with Gasteiger partial charge in [-0.15, -0.1) is 45.3 Å². The van der Waals surface area contributed by atoms with Gasteiger partial charge in [0.05, 0.1) is 5.41 Å². The standard InChI is InChI=1S/C40H54S4/c1-9-12-14-16-18-27(19-17-15-13-10-2)35-23-31-39(44-35)37-29(21-33(42-37)25(6)7)40(31)28-20-32(24(4)5)41-36(28)38-30(40)22-34(43-38)26(8)11-3/h20-27H,9-19H2,1-8H3. The summed E-state index contributed by atoms with van der Waals surface area (Å²) >= 11 is 8.49. The van der Waals surface area contributed by atoms with Crippen LogP contribution in [0, 0.1) is 0 Å². The van der Waals surface area contributed by atoms with Gasteiger partial charge in [-0.25, -0.2) is 0 Å². The van der Waals surface area contributed by atoms with Crippen molar-refractivity contribution in [2.24, 2.45) is 0 Å². The Hall–Kier alpha value is -1.20. The third-order valence-corrected chi connectivity index (χ3v) is 16.3. The molecule has 4 aromatic heterocycles. The summed E-state index contributed by atoms with van der Waals surface area (Å²) in [5, 5.41) is 0. The van der Waals surface area contributed by atoms with Crippen molar-refractivity contribution < 1.29 is 0 Å². The van der Waals surface area contributed by atoms with E-state index in [9.17, 15) is 0 Å². The van der Waals surface area contributed by atoms with Crippen LogP contribution in [0.3, 0.4) is 0 Å². The van der Waals surface area contributed by atoms with Crippen molar-refractivity contribution in [1.82, 2.24) is 0 Å². The molecule has 0 N–H and O–H groups in total. The molecule has 0 radical (unpaired) electrons. The molecule has 2 atom stereocenters. The molecule has 0 aromatic carbocycles. The fourth-order valence-electron chi connectivity index (χ4n) is 7.58. The quantitative estimate of drug-likeness (QED) is 0.0960. The number of unbranched alkanes of at least 4 members (excludes halogenated alkanes) is 6. The molecule has 0 aliphatic heterocycles. The van der Waals surface area contributed by atoms with Crippen LogP contribution < -0.4 is 0 Å². The molecule has 2 aliphatic carbocycles. The minimum absolute atomic E-state index is 0.130. The average molecular weight is 663 g/mol. The number of fused-ring (bicyclic) bond motifs is 10. The van der Waals surface area contributed by atoms with Gasteiger partial charge in [0.2, 0.25) is 0 Å². The Morgan fingerprint density at radius 2 is 0.886 bits per heavy atom. The third-order valence-electron chi connectivity index (χ3n) is 10.5. The molecule has 4 aromatic rings. The number of rotatable bonds is 15. The molecule has 238 valence electrons. The van der Waals surface area contributed by atoms with E-state index in [1.165, 1.54) is 70.6 Å². The van der Waals surface area contributed by atoms with Crippen molar-refractivity contribution >= 4 is 45.3 Å². The van der Waals surface area contributed by atoms with Gasteiger partial charge in [0.1, 0.15) is 0 Å². The van der Waals surface area contributed by atoms with Crippen molar-refractivity contribution in [1.29, 1.82) is 0 Å². The first kappa shape index (κ1) is 32.7. The highest BCUT2D eigenvalue weighted by Crippen LogP contribution is 2.69. The van der Waals surface area contributed by atoms with E-state index in [4.69, 9.17) is 0 Å². The zero-order valence-electron chi connectivity index (χ0n) is 28.5. The highest BCUT2D eigenvalue weighted by atomic mass is 32.1. The van der Waals surface area contributed by atoms with E-state index >= 15 is 0 Å². The molecule has 0 fully saturated rings. The molecule has 0 bridgehead atoms. The highest BCUT2D eigenvalue weighted by Gasteiger charge is 2.56. The van der Waals surface area contributed by atoms with Gasteiger partial charge in [0, 0.05) is 39.0 Å². The van der Waals surface area contributed by atoms with Crippen molar-refractivity contribution in [3.8, 4) is 19.5 Å². The van der Waals surface area contributed by atoms with E-state index in [-0.39, 0.29) is 5.41 Å². The molecule has 2 unspecified atom stereocenters. The summed E-state index contributed by atoms with van der Waals surface area (Å²) in [5.74, 6) is 2.43. The predicted octanol–water partition coefficient (Wildman–Crippen LogP) is 15.1. The Morgan fingerprint density at radius 1 is 0.500 bits per heavy atom. The van der Waals surface area contributed by atoms with Crippen LogP contribution in [-0.2, 0) is 5.41 Å². The van der Waals surface area contributed by atoms with Gasteiger partial charge >= 0.3 is 0 Å². The van der Waals surface area contributed by atoms with Gasteiger partial charge in [0.25, 0.3) is 0 Å². The normalized spacial score (nSPS) is 17.3. The second-order valence-electron chi connectivity index (χ2n) is 14.3. The van der Waals surface area contributed by atoms with Crippen molar-refractivity contribution in [2.45, 2.75) is 155 Å². The maximum absolute atomic E-state index is 2.75. The van der Waals surface area contributed by atoms with Gasteiger partial charge in [-0.3, -0.25) is 0 Å².